The van der Waals surface area contributed by atoms with E-state index in [0.29, 0.717) is 5.69 Å². The van der Waals surface area contributed by atoms with Gasteiger partial charge in [-0.05, 0) is 43.5 Å². The summed E-state index contributed by atoms with van der Waals surface area (Å²) in [6.45, 7) is 1.99. The summed E-state index contributed by atoms with van der Waals surface area (Å²) in [6, 6.07) is 4.60. The van der Waals surface area contributed by atoms with Crippen molar-refractivity contribution in [2.45, 2.75) is 25.8 Å². The SMILES string of the molecule is CC1CCc2cc(F)ccc2N1C(=O)c1cnccn1. The fraction of sp³-hybridized carbons (Fsp3) is 0.267. The average molecular weight is 271 g/mol. The van der Waals surface area contributed by atoms with E-state index in [9.17, 15) is 9.18 Å². The minimum Gasteiger partial charge on any atom is -0.304 e. The molecular weight excluding hydrogens is 257 g/mol. The fourth-order valence-corrected chi connectivity index (χ4v) is 2.56. The van der Waals surface area contributed by atoms with Crippen LogP contribution >= 0.6 is 0 Å². The molecular formula is C15H14FN3O. The number of halogens is 1. The molecule has 2 heterocycles. The lowest BCUT2D eigenvalue weighted by molar-refractivity contribution is 0.0970. The van der Waals surface area contributed by atoms with Gasteiger partial charge in [0.2, 0.25) is 0 Å². The smallest absolute Gasteiger partial charge is 0.278 e. The van der Waals surface area contributed by atoms with Crippen molar-refractivity contribution in [3.63, 3.8) is 0 Å². The highest BCUT2D eigenvalue weighted by atomic mass is 19.1. The van der Waals surface area contributed by atoms with Crippen LogP contribution in [0.25, 0.3) is 0 Å². The lowest BCUT2D eigenvalue weighted by atomic mass is 9.96. The minimum atomic E-state index is -0.273. The first-order valence-electron chi connectivity index (χ1n) is 6.55. The lowest BCUT2D eigenvalue weighted by Gasteiger charge is -2.35. The fourth-order valence-electron chi connectivity index (χ4n) is 2.56. The van der Waals surface area contributed by atoms with E-state index in [2.05, 4.69) is 9.97 Å². The number of aromatic nitrogens is 2. The van der Waals surface area contributed by atoms with Crippen molar-refractivity contribution in [2.24, 2.45) is 0 Å². The van der Waals surface area contributed by atoms with Gasteiger partial charge in [0, 0.05) is 24.1 Å². The molecule has 0 saturated carbocycles. The van der Waals surface area contributed by atoms with E-state index in [4.69, 9.17) is 0 Å². The lowest BCUT2D eigenvalue weighted by Crippen LogP contribution is -2.42. The van der Waals surface area contributed by atoms with Gasteiger partial charge in [-0.3, -0.25) is 9.78 Å². The van der Waals surface area contributed by atoms with Crippen LogP contribution in [0.2, 0.25) is 0 Å². The third kappa shape index (κ3) is 2.15. The van der Waals surface area contributed by atoms with Crippen LogP contribution in [0, 0.1) is 5.82 Å². The molecule has 4 nitrogen and oxygen atoms in total. The summed E-state index contributed by atoms with van der Waals surface area (Å²) in [6.07, 6.45) is 6.06. The standard InChI is InChI=1S/C15H14FN3O/c1-10-2-3-11-8-12(16)4-5-14(11)19(10)15(20)13-9-17-6-7-18-13/h4-10H,2-3H2,1H3. The number of benzene rings is 1. The highest BCUT2D eigenvalue weighted by molar-refractivity contribution is 6.05. The second-order valence-electron chi connectivity index (χ2n) is 4.93. The van der Waals surface area contributed by atoms with E-state index in [1.807, 2.05) is 6.92 Å². The molecule has 1 atom stereocenters. The van der Waals surface area contributed by atoms with E-state index < -0.39 is 0 Å². The third-order valence-electron chi connectivity index (χ3n) is 3.57. The van der Waals surface area contributed by atoms with Gasteiger partial charge in [-0.2, -0.15) is 0 Å². The van der Waals surface area contributed by atoms with Crippen LogP contribution in [0.4, 0.5) is 10.1 Å². The van der Waals surface area contributed by atoms with Crippen LogP contribution in [-0.4, -0.2) is 21.9 Å². The Balaban J connectivity index is 2.03. The maximum Gasteiger partial charge on any atom is 0.278 e. The van der Waals surface area contributed by atoms with Crippen molar-refractivity contribution in [3.8, 4) is 0 Å². The number of aryl methyl sites for hydroxylation is 1. The number of rotatable bonds is 1. The first-order valence-corrected chi connectivity index (χ1v) is 6.55. The molecule has 3 rings (SSSR count). The summed E-state index contributed by atoms with van der Waals surface area (Å²) in [4.78, 5) is 22.2. The Labute approximate surface area is 116 Å². The first kappa shape index (κ1) is 12.7. The maximum absolute atomic E-state index is 13.3. The predicted octanol–water partition coefficient (Wildman–Crippen LogP) is 2.60. The van der Waals surface area contributed by atoms with Crippen LogP contribution in [0.3, 0.4) is 0 Å². The van der Waals surface area contributed by atoms with Crippen LogP contribution in [0.1, 0.15) is 29.4 Å². The molecule has 0 fully saturated rings. The number of hydrogen-bond acceptors (Lipinski definition) is 3. The van der Waals surface area contributed by atoms with Crippen LogP contribution in [0.5, 0.6) is 0 Å². The highest BCUT2D eigenvalue weighted by Gasteiger charge is 2.29. The minimum absolute atomic E-state index is 0.0578. The quantitative estimate of drug-likeness (QED) is 0.801. The van der Waals surface area contributed by atoms with Crippen molar-refractivity contribution >= 4 is 11.6 Å². The molecule has 0 N–H and O–H groups in total. The van der Waals surface area contributed by atoms with E-state index in [1.54, 1.807) is 11.0 Å². The first-order chi connectivity index (χ1) is 9.66. The summed E-state index contributed by atoms with van der Waals surface area (Å²) in [5.74, 6) is -0.469. The number of hydrogen-bond donors (Lipinski definition) is 0. The molecule has 0 aliphatic carbocycles. The average Bonchev–Trinajstić information content (AvgIpc) is 2.48. The van der Waals surface area contributed by atoms with Crippen molar-refractivity contribution in [2.75, 3.05) is 4.90 Å². The van der Waals surface area contributed by atoms with Crippen molar-refractivity contribution in [1.82, 2.24) is 9.97 Å². The van der Waals surface area contributed by atoms with E-state index in [0.717, 1.165) is 24.1 Å². The summed E-state index contributed by atoms with van der Waals surface area (Å²) < 4.78 is 13.3. The molecule has 102 valence electrons. The number of amides is 1. The summed E-state index contributed by atoms with van der Waals surface area (Å²) in [7, 11) is 0. The van der Waals surface area contributed by atoms with Crippen molar-refractivity contribution < 1.29 is 9.18 Å². The van der Waals surface area contributed by atoms with Gasteiger partial charge in [0.15, 0.2) is 0 Å². The van der Waals surface area contributed by atoms with E-state index in [-0.39, 0.29) is 17.8 Å². The van der Waals surface area contributed by atoms with Gasteiger partial charge in [-0.1, -0.05) is 0 Å². The topological polar surface area (TPSA) is 46.1 Å². The van der Waals surface area contributed by atoms with Gasteiger partial charge in [-0.25, -0.2) is 9.37 Å². The predicted molar refractivity (Wildman–Crippen MR) is 73.0 cm³/mol. The van der Waals surface area contributed by atoms with Crippen LogP contribution in [-0.2, 0) is 6.42 Å². The Hall–Kier alpha value is -2.30. The highest BCUT2D eigenvalue weighted by Crippen LogP contribution is 2.32. The summed E-state index contributed by atoms with van der Waals surface area (Å²) in [5, 5.41) is 0. The molecule has 1 aliphatic rings. The maximum atomic E-state index is 13.3. The van der Waals surface area contributed by atoms with Gasteiger partial charge in [0.05, 0.1) is 6.20 Å². The second-order valence-corrected chi connectivity index (χ2v) is 4.93. The largest absolute Gasteiger partial charge is 0.304 e. The summed E-state index contributed by atoms with van der Waals surface area (Å²) in [5.41, 5.74) is 1.93. The van der Waals surface area contributed by atoms with Crippen molar-refractivity contribution in [1.29, 1.82) is 0 Å². The van der Waals surface area contributed by atoms with Gasteiger partial charge in [0.25, 0.3) is 5.91 Å². The zero-order chi connectivity index (χ0) is 14.1. The van der Waals surface area contributed by atoms with E-state index >= 15 is 0 Å². The molecule has 1 unspecified atom stereocenters. The van der Waals surface area contributed by atoms with Crippen LogP contribution < -0.4 is 4.90 Å². The number of fused-ring (bicyclic) bond motifs is 1. The Morgan fingerprint density at radius 2 is 2.25 bits per heavy atom. The third-order valence-corrected chi connectivity index (χ3v) is 3.57. The Bertz CT molecular complexity index is 645. The zero-order valence-corrected chi connectivity index (χ0v) is 11.1. The molecule has 1 aromatic heterocycles. The van der Waals surface area contributed by atoms with Crippen molar-refractivity contribution in [3.05, 3.63) is 53.9 Å². The number of carbonyl (C=O) groups is 1. The molecule has 20 heavy (non-hydrogen) atoms. The number of anilines is 1. The zero-order valence-electron chi connectivity index (χ0n) is 11.1. The van der Waals surface area contributed by atoms with Crippen LogP contribution in [0.15, 0.2) is 36.8 Å². The Morgan fingerprint density at radius 3 is 3.00 bits per heavy atom. The molecule has 0 bridgehead atoms. The molecule has 0 saturated heterocycles. The molecule has 1 aromatic carbocycles. The molecule has 2 aromatic rings. The monoisotopic (exact) mass is 271 g/mol. The molecule has 5 heteroatoms. The number of carbonyl (C=O) groups excluding carboxylic acids is 1. The Morgan fingerprint density at radius 1 is 1.40 bits per heavy atom. The second kappa shape index (κ2) is 5.00. The molecule has 1 aliphatic heterocycles. The van der Waals surface area contributed by atoms with Gasteiger partial charge in [-0.15, -0.1) is 0 Å². The molecule has 1 amide bonds. The van der Waals surface area contributed by atoms with E-state index in [1.165, 1.54) is 30.7 Å². The van der Waals surface area contributed by atoms with Gasteiger partial charge < -0.3 is 4.90 Å². The van der Waals surface area contributed by atoms with Gasteiger partial charge >= 0.3 is 0 Å². The normalized spacial score (nSPS) is 17.7. The summed E-state index contributed by atoms with van der Waals surface area (Å²) >= 11 is 0. The van der Waals surface area contributed by atoms with Gasteiger partial charge in [0.1, 0.15) is 11.5 Å². The molecule has 0 spiro atoms. The number of nitrogens with zero attached hydrogens (tertiary/aromatic N) is 3. The molecule has 0 radical (unpaired) electrons. The Kier molecular flexibility index (Phi) is 3.18.